The van der Waals surface area contributed by atoms with E-state index in [0.29, 0.717) is 6.04 Å². The van der Waals surface area contributed by atoms with Crippen LogP contribution in [0.1, 0.15) is 51.7 Å². The molecule has 0 spiro atoms. The Hall–Kier alpha value is -1.06. The molecular formula is C18H27NO2. The van der Waals surface area contributed by atoms with Crippen LogP contribution in [0.2, 0.25) is 0 Å². The molecule has 1 atom stereocenters. The predicted octanol–water partition coefficient (Wildman–Crippen LogP) is 3.45. The molecule has 3 nitrogen and oxygen atoms in total. The van der Waals surface area contributed by atoms with Gasteiger partial charge in [-0.1, -0.05) is 12.1 Å². The Labute approximate surface area is 128 Å². The topological polar surface area (TPSA) is 30.5 Å². The first-order valence-corrected chi connectivity index (χ1v) is 8.01. The summed E-state index contributed by atoms with van der Waals surface area (Å²) >= 11 is 0. The number of hydrogen-bond donors (Lipinski definition) is 1. The number of ether oxygens (including phenoxy) is 2. The first-order valence-electron chi connectivity index (χ1n) is 8.01. The van der Waals surface area contributed by atoms with Crippen molar-refractivity contribution in [3.63, 3.8) is 0 Å². The first-order chi connectivity index (χ1) is 9.83. The van der Waals surface area contributed by atoms with E-state index in [1.54, 1.807) is 0 Å². The van der Waals surface area contributed by atoms with Gasteiger partial charge < -0.3 is 14.8 Å². The van der Waals surface area contributed by atoms with Crippen LogP contribution >= 0.6 is 0 Å². The van der Waals surface area contributed by atoms with Crippen molar-refractivity contribution in [2.24, 2.45) is 0 Å². The van der Waals surface area contributed by atoms with Crippen molar-refractivity contribution in [2.75, 3.05) is 6.61 Å². The summed E-state index contributed by atoms with van der Waals surface area (Å²) in [4.78, 5) is 0. The molecule has 3 heteroatoms. The van der Waals surface area contributed by atoms with E-state index in [2.05, 4.69) is 51.2 Å². The van der Waals surface area contributed by atoms with Crippen molar-refractivity contribution < 1.29 is 9.47 Å². The molecule has 2 heterocycles. The van der Waals surface area contributed by atoms with Crippen LogP contribution in [0.5, 0.6) is 5.75 Å². The fraction of sp³-hybridized carbons (Fsp3) is 0.667. The molecule has 1 aromatic carbocycles. The molecule has 0 saturated carbocycles. The third-order valence-electron chi connectivity index (χ3n) is 4.42. The van der Waals surface area contributed by atoms with Gasteiger partial charge in [-0.2, -0.15) is 0 Å². The Balaban J connectivity index is 1.60. The lowest BCUT2D eigenvalue weighted by molar-refractivity contribution is -0.0630. The second kappa shape index (κ2) is 5.29. The minimum Gasteiger partial charge on any atom is -0.487 e. The van der Waals surface area contributed by atoms with Crippen LogP contribution in [0, 0.1) is 0 Å². The van der Waals surface area contributed by atoms with Crippen LogP contribution < -0.4 is 10.1 Å². The summed E-state index contributed by atoms with van der Waals surface area (Å²) in [5.41, 5.74) is 2.64. The van der Waals surface area contributed by atoms with E-state index in [1.807, 2.05) is 0 Å². The van der Waals surface area contributed by atoms with Gasteiger partial charge in [0.25, 0.3) is 0 Å². The molecular weight excluding hydrogens is 262 g/mol. The molecule has 1 unspecified atom stereocenters. The molecule has 2 aliphatic heterocycles. The van der Waals surface area contributed by atoms with Crippen molar-refractivity contribution in [2.45, 2.75) is 70.7 Å². The molecule has 1 fully saturated rings. The minimum atomic E-state index is -0.0564. The summed E-state index contributed by atoms with van der Waals surface area (Å²) in [6.45, 7) is 10.4. The molecule has 0 aromatic heterocycles. The van der Waals surface area contributed by atoms with Crippen molar-refractivity contribution in [3.05, 3.63) is 29.3 Å². The van der Waals surface area contributed by atoms with E-state index >= 15 is 0 Å². The molecule has 0 radical (unpaired) electrons. The number of fused-ring (bicyclic) bond motifs is 1. The van der Waals surface area contributed by atoms with Gasteiger partial charge >= 0.3 is 0 Å². The number of hydrogen-bond acceptors (Lipinski definition) is 3. The lowest BCUT2D eigenvalue weighted by atomic mass is 9.93. The Bertz CT molecular complexity index is 522. The summed E-state index contributed by atoms with van der Waals surface area (Å²) in [6, 6.07) is 7.14. The average Bonchev–Trinajstić information content (AvgIpc) is 2.68. The molecule has 0 aliphatic carbocycles. The van der Waals surface area contributed by atoms with E-state index in [1.165, 1.54) is 11.1 Å². The summed E-state index contributed by atoms with van der Waals surface area (Å²) in [5, 5.41) is 3.68. The monoisotopic (exact) mass is 289 g/mol. The Kier molecular flexibility index (Phi) is 3.74. The third-order valence-corrected chi connectivity index (χ3v) is 4.42. The molecule has 1 N–H and O–H groups in total. The lowest BCUT2D eigenvalue weighted by Crippen LogP contribution is -2.43. The van der Waals surface area contributed by atoms with E-state index in [0.717, 1.165) is 38.2 Å². The van der Waals surface area contributed by atoms with Crippen LogP contribution in [0.4, 0.5) is 0 Å². The molecule has 3 rings (SSSR count). The highest BCUT2D eigenvalue weighted by Gasteiger charge is 2.30. The second-order valence-corrected chi connectivity index (χ2v) is 7.66. The van der Waals surface area contributed by atoms with Gasteiger partial charge in [-0.05, 0) is 57.7 Å². The van der Waals surface area contributed by atoms with Crippen molar-refractivity contribution >= 4 is 0 Å². The summed E-state index contributed by atoms with van der Waals surface area (Å²) in [6.07, 6.45) is 3.18. The van der Waals surface area contributed by atoms with E-state index in [-0.39, 0.29) is 11.2 Å². The fourth-order valence-corrected chi connectivity index (χ4v) is 3.44. The second-order valence-electron chi connectivity index (χ2n) is 7.66. The molecule has 21 heavy (non-hydrogen) atoms. The van der Waals surface area contributed by atoms with Gasteiger partial charge in [-0.3, -0.25) is 0 Å². The lowest BCUT2D eigenvalue weighted by Gasteiger charge is -2.36. The Morgan fingerprint density at radius 3 is 2.76 bits per heavy atom. The Morgan fingerprint density at radius 2 is 2.00 bits per heavy atom. The van der Waals surface area contributed by atoms with Crippen molar-refractivity contribution in [3.8, 4) is 5.75 Å². The van der Waals surface area contributed by atoms with Crippen LogP contribution in [-0.2, 0) is 17.7 Å². The number of nitrogens with one attached hydrogen (secondary N) is 1. The van der Waals surface area contributed by atoms with Gasteiger partial charge in [-0.25, -0.2) is 0 Å². The van der Waals surface area contributed by atoms with Crippen molar-refractivity contribution in [1.29, 1.82) is 0 Å². The number of benzene rings is 1. The van der Waals surface area contributed by atoms with E-state index in [4.69, 9.17) is 9.47 Å². The van der Waals surface area contributed by atoms with Crippen LogP contribution in [0.3, 0.4) is 0 Å². The minimum absolute atomic E-state index is 0.00567. The zero-order valence-corrected chi connectivity index (χ0v) is 13.7. The quantitative estimate of drug-likeness (QED) is 0.924. The van der Waals surface area contributed by atoms with Crippen LogP contribution in [0.15, 0.2) is 18.2 Å². The van der Waals surface area contributed by atoms with Gasteiger partial charge in [0.2, 0.25) is 0 Å². The van der Waals surface area contributed by atoms with Crippen LogP contribution in [0.25, 0.3) is 0 Å². The highest BCUT2D eigenvalue weighted by molar-refractivity contribution is 5.41. The summed E-state index contributed by atoms with van der Waals surface area (Å²) in [5.74, 6) is 1.05. The maximum Gasteiger partial charge on any atom is 0.123 e. The Morgan fingerprint density at radius 1 is 1.19 bits per heavy atom. The first kappa shape index (κ1) is 14.9. The molecule has 0 bridgehead atoms. The van der Waals surface area contributed by atoms with Gasteiger partial charge in [0, 0.05) is 25.6 Å². The van der Waals surface area contributed by atoms with Crippen molar-refractivity contribution in [1.82, 2.24) is 5.32 Å². The molecule has 0 amide bonds. The van der Waals surface area contributed by atoms with E-state index in [9.17, 15) is 0 Å². The summed E-state index contributed by atoms with van der Waals surface area (Å²) < 4.78 is 11.7. The van der Waals surface area contributed by atoms with E-state index < -0.39 is 0 Å². The largest absolute Gasteiger partial charge is 0.487 e. The molecule has 116 valence electrons. The summed E-state index contributed by atoms with van der Waals surface area (Å²) in [7, 11) is 0. The van der Waals surface area contributed by atoms with Gasteiger partial charge in [0.1, 0.15) is 11.4 Å². The maximum atomic E-state index is 5.93. The molecule has 2 aliphatic rings. The third kappa shape index (κ3) is 3.58. The van der Waals surface area contributed by atoms with Gasteiger partial charge in [0.05, 0.1) is 5.60 Å². The zero-order valence-electron chi connectivity index (χ0n) is 13.7. The van der Waals surface area contributed by atoms with Gasteiger partial charge in [0.15, 0.2) is 0 Å². The fourth-order valence-electron chi connectivity index (χ4n) is 3.44. The van der Waals surface area contributed by atoms with Gasteiger partial charge in [-0.15, -0.1) is 0 Å². The highest BCUT2D eigenvalue weighted by Crippen LogP contribution is 2.35. The predicted molar refractivity (Wildman–Crippen MR) is 84.7 cm³/mol. The molecule has 1 aromatic rings. The zero-order chi connectivity index (χ0) is 15.1. The van der Waals surface area contributed by atoms with Crippen LogP contribution in [-0.4, -0.2) is 23.9 Å². The SMILES string of the molecule is CC1(C)CC(NCc2ccc3c(c2)CC(C)(C)O3)CCO1. The highest BCUT2D eigenvalue weighted by atomic mass is 16.5. The number of rotatable bonds is 3. The average molecular weight is 289 g/mol. The normalized spacial score (nSPS) is 26.2. The smallest absolute Gasteiger partial charge is 0.123 e. The standard InChI is InChI=1S/C18H27NO2/c1-17(2)11-15(7-8-20-17)19-12-13-5-6-16-14(9-13)10-18(3,4)21-16/h5-6,9,15,19H,7-8,10-12H2,1-4H3. The molecule has 1 saturated heterocycles. The maximum absolute atomic E-state index is 5.93.